The maximum absolute atomic E-state index is 13.0. The Bertz CT molecular complexity index is 265. The summed E-state index contributed by atoms with van der Waals surface area (Å²) in [5.74, 6) is 0.0980. The third-order valence-corrected chi connectivity index (χ3v) is 1.58. The number of hydrogen-bond donors (Lipinski definition) is 0. The summed E-state index contributed by atoms with van der Waals surface area (Å²) in [6.07, 6.45) is 0. The minimum atomic E-state index is -0.380. The standard InChI is InChI=1S/C8H8ClFO2/c1-11-7-3-2-6(5-12-9)8(10)4-7/h2-4H,5H2,1H3. The van der Waals surface area contributed by atoms with Gasteiger partial charge in [-0.05, 0) is 6.07 Å². The van der Waals surface area contributed by atoms with Crippen LogP contribution < -0.4 is 4.74 Å². The summed E-state index contributed by atoms with van der Waals surface area (Å²) >= 11 is 4.98. The van der Waals surface area contributed by atoms with E-state index in [0.717, 1.165) is 0 Å². The Labute approximate surface area is 75.0 Å². The second-order valence-electron chi connectivity index (χ2n) is 2.21. The SMILES string of the molecule is COc1ccc(COCl)c(F)c1. The van der Waals surface area contributed by atoms with Gasteiger partial charge in [-0.25, -0.2) is 4.39 Å². The molecule has 0 unspecified atom stereocenters. The lowest BCUT2D eigenvalue weighted by Crippen LogP contribution is -1.91. The highest BCUT2D eigenvalue weighted by Crippen LogP contribution is 2.16. The second kappa shape index (κ2) is 4.28. The van der Waals surface area contributed by atoms with Crippen molar-refractivity contribution in [3.8, 4) is 5.75 Å². The van der Waals surface area contributed by atoms with Gasteiger partial charge < -0.3 is 4.74 Å². The van der Waals surface area contributed by atoms with E-state index < -0.39 is 0 Å². The smallest absolute Gasteiger partial charge is 0.132 e. The van der Waals surface area contributed by atoms with Crippen molar-refractivity contribution in [3.05, 3.63) is 29.6 Å². The molecule has 66 valence electrons. The van der Waals surface area contributed by atoms with Crippen LogP contribution >= 0.6 is 11.9 Å². The molecule has 0 saturated carbocycles. The minimum absolute atomic E-state index is 0.0530. The summed E-state index contributed by atoms with van der Waals surface area (Å²) in [6, 6.07) is 4.50. The highest BCUT2D eigenvalue weighted by atomic mass is 35.5. The van der Waals surface area contributed by atoms with Gasteiger partial charge in [-0.3, -0.25) is 4.29 Å². The van der Waals surface area contributed by atoms with Crippen LogP contribution in [0.25, 0.3) is 0 Å². The maximum Gasteiger partial charge on any atom is 0.132 e. The molecule has 1 aromatic carbocycles. The average molecular weight is 191 g/mol. The van der Waals surface area contributed by atoms with Gasteiger partial charge in [0.05, 0.1) is 25.6 Å². The monoisotopic (exact) mass is 190 g/mol. The molecule has 0 atom stereocenters. The molecule has 0 aliphatic carbocycles. The fourth-order valence-corrected chi connectivity index (χ4v) is 0.948. The molecule has 0 radical (unpaired) electrons. The van der Waals surface area contributed by atoms with Crippen molar-refractivity contribution >= 4 is 11.9 Å². The van der Waals surface area contributed by atoms with Crippen LogP contribution in [0.2, 0.25) is 0 Å². The van der Waals surface area contributed by atoms with Gasteiger partial charge in [0.15, 0.2) is 0 Å². The van der Waals surface area contributed by atoms with Gasteiger partial charge >= 0.3 is 0 Å². The maximum atomic E-state index is 13.0. The summed E-state index contributed by atoms with van der Waals surface area (Å²) in [5, 5.41) is 0. The minimum Gasteiger partial charge on any atom is -0.497 e. The van der Waals surface area contributed by atoms with Gasteiger partial charge in [0.1, 0.15) is 11.6 Å². The Kier molecular flexibility index (Phi) is 3.31. The molecule has 4 heteroatoms. The third kappa shape index (κ3) is 2.09. The molecule has 0 bridgehead atoms. The zero-order valence-corrected chi connectivity index (χ0v) is 7.27. The molecular formula is C8H8ClFO2. The van der Waals surface area contributed by atoms with Crippen LogP contribution in [0.5, 0.6) is 5.75 Å². The largest absolute Gasteiger partial charge is 0.497 e. The first kappa shape index (κ1) is 9.29. The lowest BCUT2D eigenvalue weighted by molar-refractivity contribution is 0.331. The van der Waals surface area contributed by atoms with Gasteiger partial charge in [-0.2, -0.15) is 0 Å². The molecule has 0 heterocycles. The summed E-state index contributed by atoms with van der Waals surface area (Å²) in [4.78, 5) is 0. The van der Waals surface area contributed by atoms with Crippen molar-refractivity contribution < 1.29 is 13.4 Å². The van der Waals surface area contributed by atoms with Crippen molar-refractivity contribution in [1.82, 2.24) is 0 Å². The van der Waals surface area contributed by atoms with E-state index in [9.17, 15) is 4.39 Å². The van der Waals surface area contributed by atoms with E-state index in [1.54, 1.807) is 12.1 Å². The predicted octanol–water partition coefficient (Wildman–Crippen LogP) is 2.50. The number of hydrogen-bond acceptors (Lipinski definition) is 2. The molecule has 0 amide bonds. The first-order chi connectivity index (χ1) is 5.77. The molecule has 1 aromatic rings. The quantitative estimate of drug-likeness (QED) is 0.729. The summed E-state index contributed by atoms with van der Waals surface area (Å²) < 4.78 is 22.1. The fraction of sp³-hybridized carbons (Fsp3) is 0.250. The van der Waals surface area contributed by atoms with E-state index >= 15 is 0 Å². The molecule has 12 heavy (non-hydrogen) atoms. The molecule has 0 aliphatic heterocycles. The van der Waals surface area contributed by atoms with Gasteiger partial charge in [0, 0.05) is 11.6 Å². The van der Waals surface area contributed by atoms with Crippen molar-refractivity contribution in [2.24, 2.45) is 0 Å². The number of benzene rings is 1. The van der Waals surface area contributed by atoms with Crippen molar-refractivity contribution in [2.75, 3.05) is 7.11 Å². The summed E-state index contributed by atoms with van der Waals surface area (Å²) in [7, 11) is 1.48. The normalized spacial score (nSPS) is 9.92. The van der Waals surface area contributed by atoms with Crippen LogP contribution in [0.4, 0.5) is 4.39 Å². The Morgan fingerprint density at radius 3 is 2.75 bits per heavy atom. The van der Waals surface area contributed by atoms with Crippen LogP contribution in [0, 0.1) is 5.82 Å². The number of ether oxygens (including phenoxy) is 1. The zero-order valence-electron chi connectivity index (χ0n) is 6.51. The lowest BCUT2D eigenvalue weighted by Gasteiger charge is -2.02. The first-order valence-electron chi connectivity index (χ1n) is 3.34. The molecule has 2 nitrogen and oxygen atoms in total. The molecular weight excluding hydrogens is 183 g/mol. The zero-order chi connectivity index (χ0) is 8.97. The topological polar surface area (TPSA) is 18.5 Å². The summed E-state index contributed by atoms with van der Waals surface area (Å²) in [5.41, 5.74) is 0.408. The number of methoxy groups -OCH3 is 1. The molecule has 1 rings (SSSR count). The highest BCUT2D eigenvalue weighted by molar-refractivity contribution is 6.07. The van der Waals surface area contributed by atoms with E-state index in [0.29, 0.717) is 11.3 Å². The Hall–Kier alpha value is -0.800. The fourth-order valence-electron chi connectivity index (χ4n) is 0.831. The van der Waals surface area contributed by atoms with E-state index in [4.69, 9.17) is 16.6 Å². The van der Waals surface area contributed by atoms with Gasteiger partial charge in [-0.15, -0.1) is 0 Å². The van der Waals surface area contributed by atoms with Crippen LogP contribution in [0.3, 0.4) is 0 Å². The van der Waals surface area contributed by atoms with E-state index in [2.05, 4.69) is 4.29 Å². The molecule has 0 fully saturated rings. The Morgan fingerprint density at radius 2 is 2.25 bits per heavy atom. The van der Waals surface area contributed by atoms with Gasteiger partial charge in [0.2, 0.25) is 0 Å². The summed E-state index contributed by atoms with van der Waals surface area (Å²) in [6.45, 7) is 0.0530. The van der Waals surface area contributed by atoms with Crippen LogP contribution in [-0.2, 0) is 10.9 Å². The molecule has 0 saturated heterocycles. The molecule has 0 aliphatic rings. The van der Waals surface area contributed by atoms with E-state index in [1.165, 1.54) is 13.2 Å². The van der Waals surface area contributed by atoms with Crippen molar-refractivity contribution in [3.63, 3.8) is 0 Å². The number of halogens is 2. The van der Waals surface area contributed by atoms with Crippen molar-refractivity contribution in [2.45, 2.75) is 6.61 Å². The van der Waals surface area contributed by atoms with Gasteiger partial charge in [0.25, 0.3) is 0 Å². The average Bonchev–Trinajstić information content (AvgIpc) is 2.09. The van der Waals surface area contributed by atoms with Crippen LogP contribution in [0.1, 0.15) is 5.56 Å². The van der Waals surface area contributed by atoms with Crippen LogP contribution in [-0.4, -0.2) is 7.11 Å². The van der Waals surface area contributed by atoms with Gasteiger partial charge in [-0.1, -0.05) is 6.07 Å². The predicted molar refractivity (Wildman–Crippen MR) is 43.6 cm³/mol. The molecule has 0 aromatic heterocycles. The number of rotatable bonds is 3. The van der Waals surface area contributed by atoms with E-state index in [1.807, 2.05) is 0 Å². The molecule has 0 spiro atoms. The second-order valence-corrected chi connectivity index (χ2v) is 2.43. The Balaban J connectivity index is 2.87. The van der Waals surface area contributed by atoms with Crippen LogP contribution in [0.15, 0.2) is 18.2 Å². The first-order valence-corrected chi connectivity index (χ1v) is 3.64. The van der Waals surface area contributed by atoms with Crippen molar-refractivity contribution in [1.29, 1.82) is 0 Å². The van der Waals surface area contributed by atoms with E-state index in [-0.39, 0.29) is 12.4 Å². The highest BCUT2D eigenvalue weighted by Gasteiger charge is 2.02. The Morgan fingerprint density at radius 1 is 1.50 bits per heavy atom. The lowest BCUT2D eigenvalue weighted by atomic mass is 10.2. The third-order valence-electron chi connectivity index (χ3n) is 1.47. The molecule has 0 N–H and O–H groups in total.